The molecule has 63 heavy (non-hydrogen) atoms. The highest BCUT2D eigenvalue weighted by atomic mass is 16.6. The standard InChI is InChI=1S/C17H28O2.C16H26O3.C10H16O4.C10H14O/c1-5-16(2,3)15(18)19-17(4)13-7-11-6-12(9-13)10-14(17)8-11;1-4-14(2,3)13(17)19-16-8-11-5-12(9-16)7-15(18,6-11)10-16;1-4-10(2,3)9(12)14-7-5-6-13-8(7)11;1-3-8(2)9-4-6-10(11)7-5-9/h11-14H,5-10H2,1-4H3;11-12,18H,4-10H2,1-3H3;7H,4-6H2,1-3H3;4-8,11H,3H2,1-2H3. The molecule has 1 saturated heterocycles. The normalized spacial score (nSPS) is 33.9. The zero-order valence-electron chi connectivity index (χ0n) is 41.1. The van der Waals surface area contributed by atoms with E-state index in [1.807, 2.05) is 53.7 Å². The van der Waals surface area contributed by atoms with Gasteiger partial charge in [-0.2, -0.15) is 0 Å². The first kappa shape index (κ1) is 50.9. The molecule has 8 bridgehead atoms. The van der Waals surface area contributed by atoms with Crippen LogP contribution in [0.5, 0.6) is 5.75 Å². The highest BCUT2D eigenvalue weighted by Gasteiger charge is 2.60. The molecule has 4 unspecified atom stereocenters. The van der Waals surface area contributed by atoms with Gasteiger partial charge in [0.1, 0.15) is 17.0 Å². The lowest BCUT2D eigenvalue weighted by atomic mass is 9.50. The highest BCUT2D eigenvalue weighted by molar-refractivity contribution is 5.82. The fourth-order valence-corrected chi connectivity index (χ4v) is 11.6. The van der Waals surface area contributed by atoms with Crippen molar-refractivity contribution in [3.63, 3.8) is 0 Å². The first-order chi connectivity index (χ1) is 29.3. The summed E-state index contributed by atoms with van der Waals surface area (Å²) in [6.45, 7) is 24.4. The maximum atomic E-state index is 12.5. The van der Waals surface area contributed by atoms with Gasteiger partial charge in [-0.15, -0.1) is 0 Å². The molecule has 0 radical (unpaired) electrons. The number of aromatic hydroxyl groups is 1. The average molecular weight is 881 g/mol. The third-order valence-corrected chi connectivity index (χ3v) is 16.9. The van der Waals surface area contributed by atoms with Gasteiger partial charge in [0.2, 0.25) is 6.10 Å². The monoisotopic (exact) mass is 881 g/mol. The van der Waals surface area contributed by atoms with Gasteiger partial charge < -0.3 is 29.2 Å². The summed E-state index contributed by atoms with van der Waals surface area (Å²) in [5, 5.41) is 19.7. The molecule has 0 spiro atoms. The van der Waals surface area contributed by atoms with Gasteiger partial charge in [0.15, 0.2) is 0 Å². The minimum atomic E-state index is -0.687. The summed E-state index contributed by atoms with van der Waals surface area (Å²) in [5.41, 5.74) is -1.06. The van der Waals surface area contributed by atoms with E-state index >= 15 is 0 Å². The molecule has 1 heterocycles. The van der Waals surface area contributed by atoms with Crippen molar-refractivity contribution in [1.82, 2.24) is 0 Å². The maximum absolute atomic E-state index is 12.5. The van der Waals surface area contributed by atoms with Crippen LogP contribution in [0.4, 0.5) is 0 Å². The van der Waals surface area contributed by atoms with Crippen LogP contribution in [-0.2, 0) is 38.1 Å². The molecule has 8 saturated carbocycles. The van der Waals surface area contributed by atoms with Crippen LogP contribution in [-0.4, -0.2) is 63.6 Å². The molecule has 0 amide bonds. The third-order valence-electron chi connectivity index (χ3n) is 16.9. The minimum absolute atomic E-state index is 0.0185. The Bertz CT molecular complexity index is 1700. The van der Waals surface area contributed by atoms with Crippen molar-refractivity contribution in [2.24, 2.45) is 51.8 Å². The Morgan fingerprint density at radius 2 is 1.17 bits per heavy atom. The van der Waals surface area contributed by atoms with Crippen molar-refractivity contribution in [2.45, 2.75) is 215 Å². The SMILES string of the molecule is CCC(C)(C)C(=O)OC1(C)C2CC3CC(C2)CC1C3.CCC(C)(C)C(=O)OC12CC3CC(CC(O)(C3)C1)C2.CCC(C)(C)C(=O)OC1CCOC1=O.CCC(C)c1ccc(O)cc1. The summed E-state index contributed by atoms with van der Waals surface area (Å²) in [6, 6.07) is 7.43. The zero-order chi connectivity index (χ0) is 46.8. The van der Waals surface area contributed by atoms with Crippen LogP contribution in [0.25, 0.3) is 0 Å². The molecule has 8 aliphatic carbocycles. The second-order valence-electron chi connectivity index (χ2n) is 23.1. The topological polar surface area (TPSA) is 146 Å². The predicted molar refractivity (Wildman–Crippen MR) is 244 cm³/mol. The number of cyclic esters (lactones) is 1. The largest absolute Gasteiger partial charge is 0.508 e. The van der Waals surface area contributed by atoms with E-state index in [1.165, 1.54) is 44.1 Å². The van der Waals surface area contributed by atoms with Crippen molar-refractivity contribution in [3.05, 3.63) is 29.8 Å². The Morgan fingerprint density at radius 1 is 0.714 bits per heavy atom. The number of benzene rings is 1. The molecule has 9 fully saturated rings. The number of hydrogen-bond acceptors (Lipinski definition) is 10. The number of carbonyl (C=O) groups is 4. The number of phenols is 1. The summed E-state index contributed by atoms with van der Waals surface area (Å²) < 4.78 is 21.9. The van der Waals surface area contributed by atoms with Crippen LogP contribution in [0.1, 0.15) is 197 Å². The van der Waals surface area contributed by atoms with Crippen molar-refractivity contribution in [3.8, 4) is 5.75 Å². The van der Waals surface area contributed by atoms with E-state index in [9.17, 15) is 24.3 Å². The van der Waals surface area contributed by atoms with Crippen molar-refractivity contribution >= 4 is 23.9 Å². The van der Waals surface area contributed by atoms with Gasteiger partial charge in [0.25, 0.3) is 0 Å². The second-order valence-corrected chi connectivity index (χ2v) is 23.1. The number of phenolic OH excluding ortho intramolecular Hbond substituents is 1. The van der Waals surface area contributed by atoms with Crippen LogP contribution in [0, 0.1) is 51.8 Å². The first-order valence-corrected chi connectivity index (χ1v) is 24.7. The van der Waals surface area contributed by atoms with Crippen molar-refractivity contribution in [2.75, 3.05) is 6.61 Å². The number of aliphatic hydroxyl groups is 1. The van der Waals surface area contributed by atoms with Crippen LogP contribution in [0.15, 0.2) is 24.3 Å². The van der Waals surface area contributed by atoms with Crippen molar-refractivity contribution in [1.29, 1.82) is 0 Å². The quantitative estimate of drug-likeness (QED) is 0.163. The Hall–Kier alpha value is -3.14. The van der Waals surface area contributed by atoms with Gasteiger partial charge in [-0.25, -0.2) is 4.79 Å². The lowest BCUT2D eigenvalue weighted by Gasteiger charge is -2.59. The number of rotatable bonds is 11. The lowest BCUT2D eigenvalue weighted by molar-refractivity contribution is -0.225. The number of carbonyl (C=O) groups excluding carboxylic acids is 4. The van der Waals surface area contributed by atoms with Gasteiger partial charge >= 0.3 is 23.9 Å². The smallest absolute Gasteiger partial charge is 0.347 e. The summed E-state index contributed by atoms with van der Waals surface area (Å²) in [4.78, 5) is 47.4. The van der Waals surface area contributed by atoms with E-state index in [2.05, 4.69) is 27.7 Å². The summed E-state index contributed by atoms with van der Waals surface area (Å²) in [5.74, 6) is 4.34. The molecule has 4 atom stereocenters. The fraction of sp³-hybridized carbons (Fsp3) is 0.811. The highest BCUT2D eigenvalue weighted by Crippen LogP contribution is 2.61. The molecule has 10 rings (SSSR count). The molecule has 9 aliphatic rings. The number of esters is 4. The molecular weight excluding hydrogens is 797 g/mol. The van der Waals surface area contributed by atoms with Crippen LogP contribution in [0.3, 0.4) is 0 Å². The minimum Gasteiger partial charge on any atom is -0.508 e. The third kappa shape index (κ3) is 12.0. The number of ether oxygens (including phenoxy) is 4. The molecule has 1 aliphatic heterocycles. The molecule has 1 aromatic rings. The van der Waals surface area contributed by atoms with E-state index in [0.29, 0.717) is 61.2 Å². The predicted octanol–water partition coefficient (Wildman–Crippen LogP) is 11.4. The molecule has 2 N–H and O–H groups in total. The van der Waals surface area contributed by atoms with Gasteiger partial charge in [0, 0.05) is 12.8 Å². The first-order valence-electron chi connectivity index (χ1n) is 24.7. The van der Waals surface area contributed by atoms with E-state index in [-0.39, 0.29) is 34.5 Å². The van der Waals surface area contributed by atoms with E-state index in [1.54, 1.807) is 26.0 Å². The summed E-state index contributed by atoms with van der Waals surface area (Å²) in [7, 11) is 0. The van der Waals surface area contributed by atoms with E-state index < -0.39 is 28.5 Å². The zero-order valence-corrected chi connectivity index (χ0v) is 41.1. The number of hydrogen-bond donors (Lipinski definition) is 2. The molecule has 10 nitrogen and oxygen atoms in total. The van der Waals surface area contributed by atoms with Gasteiger partial charge in [-0.05, 0) is 197 Å². The molecule has 356 valence electrons. The lowest BCUT2D eigenvalue weighted by Crippen LogP contribution is -2.61. The van der Waals surface area contributed by atoms with Gasteiger partial charge in [-0.3, -0.25) is 14.4 Å². The molecule has 1 aromatic carbocycles. The molecule has 0 aromatic heterocycles. The molecular formula is C53H84O10. The molecule has 10 heteroatoms. The van der Waals surface area contributed by atoms with Crippen LogP contribution in [0.2, 0.25) is 0 Å². The Kier molecular flexibility index (Phi) is 16.0. The summed E-state index contributed by atoms with van der Waals surface area (Å²) >= 11 is 0. The second kappa shape index (κ2) is 19.8. The fourth-order valence-electron chi connectivity index (χ4n) is 11.6. The Balaban J connectivity index is 0.000000162. The van der Waals surface area contributed by atoms with Gasteiger partial charge in [0.05, 0.1) is 28.5 Å². The average Bonchev–Trinajstić information content (AvgIpc) is 3.62. The van der Waals surface area contributed by atoms with Crippen molar-refractivity contribution < 1.29 is 48.3 Å². The Labute approximate surface area is 379 Å². The maximum Gasteiger partial charge on any atom is 0.347 e. The Morgan fingerprint density at radius 3 is 1.60 bits per heavy atom. The van der Waals surface area contributed by atoms with Crippen LogP contribution >= 0.6 is 0 Å². The summed E-state index contributed by atoms with van der Waals surface area (Å²) in [6.07, 6.45) is 15.5. The van der Waals surface area contributed by atoms with E-state index in [4.69, 9.17) is 24.1 Å². The van der Waals surface area contributed by atoms with Gasteiger partial charge in [-0.1, -0.05) is 46.8 Å². The van der Waals surface area contributed by atoms with Crippen LogP contribution < -0.4 is 0 Å². The van der Waals surface area contributed by atoms with E-state index in [0.717, 1.165) is 56.8 Å².